The van der Waals surface area contributed by atoms with E-state index >= 15 is 0 Å². The predicted octanol–water partition coefficient (Wildman–Crippen LogP) is 3.80. The van der Waals surface area contributed by atoms with E-state index in [1.165, 1.54) is 0 Å². The van der Waals surface area contributed by atoms with E-state index in [9.17, 15) is 15.0 Å². The van der Waals surface area contributed by atoms with Crippen molar-refractivity contribution in [3.05, 3.63) is 46.5 Å². The van der Waals surface area contributed by atoms with E-state index in [0.29, 0.717) is 24.0 Å². The van der Waals surface area contributed by atoms with Gasteiger partial charge in [0.05, 0.1) is 6.10 Å². The summed E-state index contributed by atoms with van der Waals surface area (Å²) in [6, 6.07) is 1.86. The van der Waals surface area contributed by atoms with Crippen LogP contribution in [0, 0.1) is 13.8 Å². The molecule has 29 heavy (non-hydrogen) atoms. The van der Waals surface area contributed by atoms with Crippen molar-refractivity contribution in [1.82, 2.24) is 0 Å². The van der Waals surface area contributed by atoms with E-state index in [1.54, 1.807) is 32.1 Å². The van der Waals surface area contributed by atoms with E-state index in [1.807, 2.05) is 32.9 Å². The third-order valence-corrected chi connectivity index (χ3v) is 5.38. The normalized spacial score (nSPS) is 31.9. The van der Waals surface area contributed by atoms with Gasteiger partial charge in [-0.3, -0.25) is 0 Å². The van der Waals surface area contributed by atoms with Gasteiger partial charge in [-0.2, -0.15) is 0 Å². The number of fused-ring (bicyclic) bond motifs is 2. The number of benzene rings is 1. The van der Waals surface area contributed by atoms with Gasteiger partial charge in [0.15, 0.2) is 5.79 Å². The minimum atomic E-state index is -0.831. The van der Waals surface area contributed by atoms with Crippen LogP contribution in [0.5, 0.6) is 5.75 Å². The molecule has 1 aromatic carbocycles. The zero-order valence-electron chi connectivity index (χ0n) is 17.6. The summed E-state index contributed by atoms with van der Waals surface area (Å²) in [5.74, 6) is -1.41. The summed E-state index contributed by atoms with van der Waals surface area (Å²) in [7, 11) is 0. The van der Waals surface area contributed by atoms with Gasteiger partial charge >= 0.3 is 5.97 Å². The van der Waals surface area contributed by atoms with Gasteiger partial charge in [-0.05, 0) is 57.7 Å². The van der Waals surface area contributed by atoms with Gasteiger partial charge in [0, 0.05) is 6.42 Å². The molecule has 1 unspecified atom stereocenters. The predicted molar refractivity (Wildman–Crippen MR) is 110 cm³/mol. The number of aliphatic hydroxyl groups excluding tert-OH is 1. The van der Waals surface area contributed by atoms with Crippen molar-refractivity contribution in [2.24, 2.45) is 0 Å². The molecule has 4 atom stereocenters. The largest absolute Gasteiger partial charge is 0.507 e. The van der Waals surface area contributed by atoms with Crippen LogP contribution in [-0.2, 0) is 14.2 Å². The van der Waals surface area contributed by atoms with Crippen LogP contribution in [0.3, 0.4) is 0 Å². The Bertz CT molecular complexity index is 838. The van der Waals surface area contributed by atoms with Crippen LogP contribution in [0.25, 0.3) is 6.08 Å². The molecule has 3 rings (SSSR count). The Balaban J connectivity index is 2.01. The molecule has 6 nitrogen and oxygen atoms in total. The Morgan fingerprint density at radius 2 is 1.86 bits per heavy atom. The lowest BCUT2D eigenvalue weighted by Gasteiger charge is -2.20. The third-order valence-electron chi connectivity index (χ3n) is 5.38. The standard InChI is InChI=1S/C23H30O6/c1-13-12-16-9-7-11-18-21(29-23(4,5)28-18)17(24)10-6-8-14(2)27-22(26)19(16)20(25)15(13)3/h6-7,9-10,12,14,17-18,21,24-25H,8,11H2,1-5H3/b9-7+,10-6-/t14-,17?,18-,21+/m0/s1. The average molecular weight is 402 g/mol. The van der Waals surface area contributed by atoms with Crippen molar-refractivity contribution in [2.45, 2.75) is 77.7 Å². The number of phenolic OH excluding ortho intramolecular Hbond substituents is 1. The highest BCUT2D eigenvalue weighted by molar-refractivity contribution is 5.97. The first-order chi connectivity index (χ1) is 13.6. The molecule has 6 heteroatoms. The Morgan fingerprint density at radius 1 is 1.14 bits per heavy atom. The van der Waals surface area contributed by atoms with E-state index < -0.39 is 30.1 Å². The SMILES string of the molecule is Cc1cc2c(c(O)c1C)C(=O)O[C@@H](C)C/C=C\C(O)[C@H]1OC(C)(C)O[C@H]1C/C=C/2. The van der Waals surface area contributed by atoms with Crippen LogP contribution in [0.2, 0.25) is 0 Å². The number of rotatable bonds is 0. The highest BCUT2D eigenvalue weighted by atomic mass is 16.8. The zero-order chi connectivity index (χ0) is 21.3. The molecule has 0 radical (unpaired) electrons. The molecule has 0 amide bonds. The molecule has 0 spiro atoms. The lowest BCUT2D eigenvalue weighted by molar-refractivity contribution is -0.152. The molecule has 2 N–H and O–H groups in total. The molecule has 0 bridgehead atoms. The van der Waals surface area contributed by atoms with Gasteiger partial charge in [0.1, 0.15) is 29.6 Å². The first-order valence-corrected chi connectivity index (χ1v) is 10.00. The summed E-state index contributed by atoms with van der Waals surface area (Å²) >= 11 is 0. The molecular formula is C23H30O6. The Morgan fingerprint density at radius 3 is 2.59 bits per heavy atom. The minimum Gasteiger partial charge on any atom is -0.507 e. The van der Waals surface area contributed by atoms with E-state index in [4.69, 9.17) is 14.2 Å². The molecule has 2 heterocycles. The molecular weight excluding hydrogens is 372 g/mol. The molecule has 0 saturated carbocycles. The zero-order valence-corrected chi connectivity index (χ0v) is 17.6. The number of carbonyl (C=O) groups is 1. The van der Waals surface area contributed by atoms with Crippen LogP contribution in [-0.4, -0.2) is 46.4 Å². The minimum absolute atomic E-state index is 0.0561. The number of cyclic esters (lactones) is 1. The molecule has 1 saturated heterocycles. The lowest BCUT2D eigenvalue weighted by atomic mass is 9.96. The van der Waals surface area contributed by atoms with Crippen LogP contribution in [0.4, 0.5) is 0 Å². The second kappa shape index (κ2) is 8.30. The Kier molecular flexibility index (Phi) is 6.17. The number of carbonyl (C=O) groups excluding carboxylic acids is 1. The number of hydrogen-bond acceptors (Lipinski definition) is 6. The number of ether oxygens (including phenoxy) is 3. The molecule has 0 aromatic heterocycles. The molecule has 2 aliphatic rings. The summed E-state index contributed by atoms with van der Waals surface area (Å²) in [6.07, 6.45) is 5.91. The van der Waals surface area contributed by atoms with Crippen LogP contribution in [0.1, 0.15) is 60.7 Å². The summed E-state index contributed by atoms with van der Waals surface area (Å²) in [5.41, 5.74) is 2.29. The van der Waals surface area contributed by atoms with E-state index in [-0.39, 0.29) is 17.4 Å². The monoisotopic (exact) mass is 402 g/mol. The Labute approximate surface area is 171 Å². The van der Waals surface area contributed by atoms with Crippen molar-refractivity contribution in [2.75, 3.05) is 0 Å². The third kappa shape index (κ3) is 4.71. The van der Waals surface area contributed by atoms with Crippen molar-refractivity contribution >= 4 is 12.0 Å². The van der Waals surface area contributed by atoms with Gasteiger partial charge in [-0.15, -0.1) is 0 Å². The number of aliphatic hydroxyl groups is 1. The molecule has 2 aliphatic heterocycles. The number of hydrogen-bond donors (Lipinski definition) is 2. The van der Waals surface area contributed by atoms with Crippen molar-refractivity contribution in [3.8, 4) is 5.75 Å². The number of phenols is 1. The van der Waals surface area contributed by atoms with Gasteiger partial charge in [0.2, 0.25) is 0 Å². The second-order valence-corrected chi connectivity index (χ2v) is 8.28. The van der Waals surface area contributed by atoms with E-state index in [0.717, 1.165) is 5.56 Å². The summed E-state index contributed by atoms with van der Waals surface area (Å²) in [4.78, 5) is 12.8. The first kappa shape index (κ1) is 21.6. The van der Waals surface area contributed by atoms with Crippen LogP contribution in [0.15, 0.2) is 24.3 Å². The number of aryl methyl sites for hydroxylation is 1. The summed E-state index contributed by atoms with van der Waals surface area (Å²) in [5, 5.41) is 21.2. The van der Waals surface area contributed by atoms with Crippen LogP contribution < -0.4 is 0 Å². The summed E-state index contributed by atoms with van der Waals surface area (Å²) < 4.78 is 17.4. The van der Waals surface area contributed by atoms with E-state index in [2.05, 4.69) is 0 Å². The fourth-order valence-corrected chi connectivity index (χ4v) is 3.74. The van der Waals surface area contributed by atoms with Crippen LogP contribution >= 0.6 is 0 Å². The molecule has 1 aromatic rings. The maximum Gasteiger partial charge on any atom is 0.342 e. The fraction of sp³-hybridized carbons (Fsp3) is 0.522. The molecule has 1 fully saturated rings. The maximum atomic E-state index is 12.8. The van der Waals surface area contributed by atoms with Crippen molar-refractivity contribution in [3.63, 3.8) is 0 Å². The summed E-state index contributed by atoms with van der Waals surface area (Å²) in [6.45, 7) is 9.08. The fourth-order valence-electron chi connectivity index (χ4n) is 3.74. The highest BCUT2D eigenvalue weighted by Crippen LogP contribution is 2.34. The molecule has 0 aliphatic carbocycles. The van der Waals surface area contributed by atoms with Crippen molar-refractivity contribution < 1.29 is 29.2 Å². The average Bonchev–Trinajstić information content (AvgIpc) is 2.93. The van der Waals surface area contributed by atoms with Crippen molar-refractivity contribution in [1.29, 1.82) is 0 Å². The van der Waals surface area contributed by atoms with Gasteiger partial charge in [-0.25, -0.2) is 4.79 Å². The van der Waals surface area contributed by atoms with Gasteiger partial charge < -0.3 is 24.4 Å². The second-order valence-electron chi connectivity index (χ2n) is 8.28. The van der Waals surface area contributed by atoms with Gasteiger partial charge in [-0.1, -0.05) is 30.4 Å². The lowest BCUT2D eigenvalue weighted by Crippen LogP contribution is -2.34. The molecule has 158 valence electrons. The Hall–Kier alpha value is -2.15. The van der Waals surface area contributed by atoms with Gasteiger partial charge in [0.25, 0.3) is 0 Å². The first-order valence-electron chi connectivity index (χ1n) is 10.00. The maximum absolute atomic E-state index is 12.8. The smallest absolute Gasteiger partial charge is 0.342 e. The number of esters is 1. The topological polar surface area (TPSA) is 85.2 Å². The number of aromatic hydroxyl groups is 1. The highest BCUT2D eigenvalue weighted by Gasteiger charge is 2.43. The quantitative estimate of drug-likeness (QED) is 0.507.